The fraction of sp³-hybridized carbons (Fsp3) is 0.394. The molecular formula is C33H46FN3O2. The number of methoxy groups -OCH3 is 1. The SMILES string of the molecule is C=C/C(OC)=C(\C(F)=C/C)N(C(C)=O)c1c(C)cnc2cc(CC)c(/C(C=C)=C/N(C)C(C)CC)cc12.CC. The monoisotopic (exact) mass is 535 g/mol. The number of nitrogens with zero attached hydrogens (tertiary/aromatic N) is 3. The summed E-state index contributed by atoms with van der Waals surface area (Å²) in [5.74, 6) is -0.804. The summed E-state index contributed by atoms with van der Waals surface area (Å²) in [6.45, 7) is 23.1. The number of rotatable bonds is 11. The van der Waals surface area contributed by atoms with Crippen LogP contribution < -0.4 is 4.90 Å². The van der Waals surface area contributed by atoms with E-state index >= 15 is 4.39 Å². The van der Waals surface area contributed by atoms with Crippen LogP contribution in [0.1, 0.15) is 71.6 Å². The largest absolute Gasteiger partial charge is 0.494 e. The van der Waals surface area contributed by atoms with Crippen LogP contribution in [0.25, 0.3) is 16.5 Å². The van der Waals surface area contributed by atoms with Crippen LogP contribution in [-0.4, -0.2) is 36.0 Å². The Kier molecular flexibility index (Phi) is 13.4. The van der Waals surface area contributed by atoms with Gasteiger partial charge in [0.15, 0.2) is 0 Å². The molecule has 0 aliphatic carbocycles. The second-order valence-corrected chi connectivity index (χ2v) is 8.99. The van der Waals surface area contributed by atoms with Gasteiger partial charge in [-0.1, -0.05) is 46.9 Å². The van der Waals surface area contributed by atoms with Gasteiger partial charge >= 0.3 is 0 Å². The molecule has 1 amide bonds. The number of halogens is 1. The van der Waals surface area contributed by atoms with E-state index in [1.807, 2.05) is 39.0 Å². The number of aromatic nitrogens is 1. The molecule has 0 saturated carbocycles. The molecule has 2 rings (SSSR count). The summed E-state index contributed by atoms with van der Waals surface area (Å²) in [7, 11) is 3.48. The zero-order valence-corrected chi connectivity index (χ0v) is 25.5. The lowest BCUT2D eigenvalue weighted by Crippen LogP contribution is -2.30. The number of carbonyl (C=O) groups excluding carboxylic acids is 1. The number of pyridine rings is 1. The Labute approximate surface area is 235 Å². The number of fused-ring (bicyclic) bond motifs is 1. The minimum atomic E-state index is -0.594. The van der Waals surface area contributed by atoms with Gasteiger partial charge in [0.1, 0.15) is 17.3 Å². The van der Waals surface area contributed by atoms with E-state index in [1.54, 1.807) is 13.1 Å². The van der Waals surface area contributed by atoms with Crippen molar-refractivity contribution in [3.05, 3.63) is 89.9 Å². The normalized spacial score (nSPS) is 13.1. The van der Waals surface area contributed by atoms with Crippen LogP contribution in [0.4, 0.5) is 10.1 Å². The van der Waals surface area contributed by atoms with E-state index in [9.17, 15) is 4.79 Å². The number of hydrogen-bond donors (Lipinski definition) is 0. The molecule has 0 spiro atoms. The quantitative estimate of drug-likeness (QED) is 0.213. The van der Waals surface area contributed by atoms with Gasteiger partial charge in [-0.25, -0.2) is 4.39 Å². The van der Waals surface area contributed by atoms with Crippen LogP contribution in [0.2, 0.25) is 0 Å². The molecule has 0 aliphatic rings. The fourth-order valence-corrected chi connectivity index (χ4v) is 4.27. The summed E-state index contributed by atoms with van der Waals surface area (Å²) < 4.78 is 20.7. The molecule has 0 N–H and O–H groups in total. The van der Waals surface area contributed by atoms with Crippen LogP contribution in [0.5, 0.6) is 0 Å². The first kappa shape index (κ1) is 33.4. The number of hydrogen-bond acceptors (Lipinski definition) is 4. The fourth-order valence-electron chi connectivity index (χ4n) is 4.27. The van der Waals surface area contributed by atoms with Crippen LogP contribution in [0.3, 0.4) is 0 Å². The second-order valence-electron chi connectivity index (χ2n) is 8.99. The summed E-state index contributed by atoms with van der Waals surface area (Å²) in [5.41, 5.74) is 5.03. The Bertz CT molecular complexity index is 1270. The van der Waals surface area contributed by atoms with Crippen molar-refractivity contribution in [2.24, 2.45) is 0 Å². The maximum atomic E-state index is 15.3. The molecule has 1 aromatic carbocycles. The molecule has 0 radical (unpaired) electrons. The van der Waals surface area contributed by atoms with E-state index in [4.69, 9.17) is 4.74 Å². The molecule has 0 aliphatic heterocycles. The number of anilines is 1. The molecule has 2 aromatic rings. The number of ether oxygens (including phenoxy) is 1. The summed E-state index contributed by atoms with van der Waals surface area (Å²) in [6.07, 6.45) is 10.1. The van der Waals surface area contributed by atoms with Crippen molar-refractivity contribution >= 4 is 28.1 Å². The van der Waals surface area contributed by atoms with Crippen LogP contribution >= 0.6 is 0 Å². The molecule has 6 heteroatoms. The van der Waals surface area contributed by atoms with Crippen LogP contribution in [-0.2, 0) is 16.0 Å². The predicted octanol–water partition coefficient (Wildman–Crippen LogP) is 8.66. The Morgan fingerprint density at radius 1 is 1.21 bits per heavy atom. The minimum Gasteiger partial charge on any atom is -0.494 e. The van der Waals surface area contributed by atoms with Crippen molar-refractivity contribution in [3.8, 4) is 0 Å². The zero-order chi connectivity index (χ0) is 29.9. The molecule has 0 fully saturated rings. The van der Waals surface area contributed by atoms with Gasteiger partial charge < -0.3 is 9.64 Å². The molecule has 0 saturated heterocycles. The van der Waals surface area contributed by atoms with Crippen LogP contribution in [0.15, 0.2) is 73.2 Å². The smallest absolute Gasteiger partial charge is 0.228 e. The van der Waals surface area contributed by atoms with Gasteiger partial charge in [-0.2, -0.15) is 0 Å². The number of amides is 1. The Hall–Kier alpha value is -3.67. The van der Waals surface area contributed by atoms with Gasteiger partial charge in [0, 0.05) is 37.8 Å². The number of benzene rings is 1. The predicted molar refractivity (Wildman–Crippen MR) is 165 cm³/mol. The Balaban J connectivity index is 0.00000371. The molecule has 0 bridgehead atoms. The number of aryl methyl sites for hydroxylation is 2. The van der Waals surface area contributed by atoms with Gasteiger partial charge in [0.2, 0.25) is 5.91 Å². The van der Waals surface area contributed by atoms with E-state index in [0.29, 0.717) is 17.2 Å². The first-order valence-electron chi connectivity index (χ1n) is 13.6. The van der Waals surface area contributed by atoms with E-state index in [-0.39, 0.29) is 17.4 Å². The molecular weight excluding hydrogens is 489 g/mol. The highest BCUT2D eigenvalue weighted by Gasteiger charge is 2.28. The van der Waals surface area contributed by atoms with Gasteiger partial charge in [-0.05, 0) is 80.2 Å². The lowest BCUT2D eigenvalue weighted by atomic mass is 9.94. The van der Waals surface area contributed by atoms with Crippen molar-refractivity contribution in [3.63, 3.8) is 0 Å². The van der Waals surface area contributed by atoms with E-state index in [0.717, 1.165) is 40.5 Å². The topological polar surface area (TPSA) is 45.7 Å². The summed E-state index contributed by atoms with van der Waals surface area (Å²) in [5, 5.41) is 0.724. The maximum absolute atomic E-state index is 15.3. The second kappa shape index (κ2) is 15.7. The first-order chi connectivity index (χ1) is 18.6. The van der Waals surface area contributed by atoms with E-state index < -0.39 is 5.83 Å². The molecule has 1 atom stereocenters. The van der Waals surface area contributed by atoms with Gasteiger partial charge in [0.05, 0.1) is 18.3 Å². The van der Waals surface area contributed by atoms with Gasteiger partial charge in [-0.15, -0.1) is 0 Å². The molecule has 1 heterocycles. The summed E-state index contributed by atoms with van der Waals surface area (Å²) >= 11 is 0. The summed E-state index contributed by atoms with van der Waals surface area (Å²) in [6, 6.07) is 4.42. The van der Waals surface area contributed by atoms with Crippen molar-refractivity contribution in [1.29, 1.82) is 0 Å². The highest BCUT2D eigenvalue weighted by Crippen LogP contribution is 2.38. The van der Waals surface area contributed by atoms with Crippen molar-refractivity contribution in [2.45, 2.75) is 74.3 Å². The average Bonchev–Trinajstić information content (AvgIpc) is 2.95. The third-order valence-electron chi connectivity index (χ3n) is 6.67. The minimum absolute atomic E-state index is 0.000193. The van der Waals surface area contributed by atoms with Crippen molar-refractivity contribution < 1.29 is 13.9 Å². The average molecular weight is 536 g/mol. The third kappa shape index (κ3) is 7.47. The van der Waals surface area contributed by atoms with Crippen LogP contribution in [0, 0.1) is 6.92 Å². The molecule has 1 unspecified atom stereocenters. The van der Waals surface area contributed by atoms with Gasteiger partial charge in [-0.3, -0.25) is 14.7 Å². The highest BCUT2D eigenvalue weighted by molar-refractivity contribution is 6.07. The molecule has 212 valence electrons. The highest BCUT2D eigenvalue weighted by atomic mass is 19.1. The molecule has 5 nitrogen and oxygen atoms in total. The lowest BCUT2D eigenvalue weighted by Gasteiger charge is -2.28. The van der Waals surface area contributed by atoms with E-state index in [1.165, 1.54) is 31.1 Å². The number of allylic oxidation sites excluding steroid dienone is 5. The molecule has 39 heavy (non-hydrogen) atoms. The van der Waals surface area contributed by atoms with Gasteiger partial charge in [0.25, 0.3) is 0 Å². The van der Waals surface area contributed by atoms with Crippen molar-refractivity contribution in [2.75, 3.05) is 19.1 Å². The zero-order valence-electron chi connectivity index (χ0n) is 25.5. The standard InChI is InChI=1S/C31H40FN3O2.C2H6/c1-11-21(7)34(9)19-24(13-3)25-17-26-28(16-23(25)12-2)33-18-20(6)30(26)35(22(8)36)31(27(32)14-4)29(15-5)37-10;1-2/h13-19,21H,3,5,11-12H2,1-2,4,6-10H3;1-2H3/b24-19+,27-14+,31-29-;. The number of carbonyl (C=O) groups is 1. The lowest BCUT2D eigenvalue weighted by molar-refractivity contribution is -0.116. The maximum Gasteiger partial charge on any atom is 0.228 e. The Morgan fingerprint density at radius 3 is 2.31 bits per heavy atom. The van der Waals surface area contributed by atoms with Crippen molar-refractivity contribution in [1.82, 2.24) is 9.88 Å². The third-order valence-corrected chi connectivity index (χ3v) is 6.67. The first-order valence-corrected chi connectivity index (χ1v) is 13.6. The molecule has 1 aromatic heterocycles. The van der Waals surface area contributed by atoms with E-state index in [2.05, 4.69) is 57.1 Å². The summed E-state index contributed by atoms with van der Waals surface area (Å²) in [4.78, 5) is 21.3. The Morgan fingerprint density at radius 2 is 1.85 bits per heavy atom.